The number of hydrogen-bond acceptors (Lipinski definition) is 4. The average molecular weight is 346 g/mol. The van der Waals surface area contributed by atoms with Gasteiger partial charge in [-0.2, -0.15) is 5.10 Å². The molecule has 6 nitrogen and oxygen atoms in total. The van der Waals surface area contributed by atoms with E-state index in [4.69, 9.17) is 0 Å². The molecule has 1 aliphatic heterocycles. The van der Waals surface area contributed by atoms with Crippen molar-refractivity contribution in [1.82, 2.24) is 15.4 Å². The SMILES string of the molecule is CC1CC(=O)NN=C1c1ccc(-c2ccc(O)cc2)c(-c2ncc[nH]2)c1. The zero-order valence-corrected chi connectivity index (χ0v) is 14.2. The second-order valence-electron chi connectivity index (χ2n) is 6.38. The fourth-order valence-corrected chi connectivity index (χ4v) is 3.21. The van der Waals surface area contributed by atoms with Crippen molar-refractivity contribution in [3.8, 4) is 28.3 Å². The van der Waals surface area contributed by atoms with Crippen LogP contribution in [0.4, 0.5) is 0 Å². The van der Waals surface area contributed by atoms with E-state index in [0.717, 1.165) is 33.8 Å². The molecule has 130 valence electrons. The number of H-pyrrole nitrogens is 1. The second-order valence-corrected chi connectivity index (χ2v) is 6.38. The standard InChI is InChI=1S/C20H18N4O2/c1-12-10-18(26)23-24-19(12)14-4-7-16(13-2-5-15(25)6-3-13)17(11-14)20-21-8-9-22-20/h2-9,11-12,25H,10H2,1H3,(H,21,22)(H,23,26). The molecule has 6 heteroatoms. The van der Waals surface area contributed by atoms with Gasteiger partial charge >= 0.3 is 0 Å². The number of carbonyl (C=O) groups excluding carboxylic acids is 1. The molecule has 1 atom stereocenters. The van der Waals surface area contributed by atoms with Gasteiger partial charge in [-0.05, 0) is 34.9 Å². The number of phenolic OH excluding ortho intramolecular Hbond substituents is 1. The van der Waals surface area contributed by atoms with Crippen LogP contribution in [-0.4, -0.2) is 26.7 Å². The zero-order valence-electron chi connectivity index (χ0n) is 14.2. The third-order valence-electron chi connectivity index (χ3n) is 4.51. The van der Waals surface area contributed by atoms with Crippen LogP contribution in [0.1, 0.15) is 18.9 Å². The minimum Gasteiger partial charge on any atom is -0.508 e. The van der Waals surface area contributed by atoms with E-state index >= 15 is 0 Å². The highest BCUT2D eigenvalue weighted by Crippen LogP contribution is 2.33. The van der Waals surface area contributed by atoms with Gasteiger partial charge in [0.25, 0.3) is 0 Å². The summed E-state index contributed by atoms with van der Waals surface area (Å²) in [6, 6.07) is 13.1. The first-order valence-electron chi connectivity index (χ1n) is 8.42. The minimum atomic E-state index is -0.0618. The van der Waals surface area contributed by atoms with Crippen molar-refractivity contribution in [2.24, 2.45) is 11.0 Å². The molecule has 4 rings (SSSR count). The number of imidazole rings is 1. The Balaban J connectivity index is 1.84. The largest absolute Gasteiger partial charge is 0.508 e. The fourth-order valence-electron chi connectivity index (χ4n) is 3.21. The van der Waals surface area contributed by atoms with Crippen LogP contribution in [0.15, 0.2) is 60.0 Å². The second kappa shape index (κ2) is 6.48. The number of hydrazone groups is 1. The molecule has 0 saturated heterocycles. The highest BCUT2D eigenvalue weighted by molar-refractivity contribution is 6.07. The molecule has 1 amide bonds. The molecule has 26 heavy (non-hydrogen) atoms. The van der Waals surface area contributed by atoms with Crippen LogP contribution in [0.25, 0.3) is 22.5 Å². The summed E-state index contributed by atoms with van der Waals surface area (Å²) < 4.78 is 0. The maximum Gasteiger partial charge on any atom is 0.240 e. The van der Waals surface area contributed by atoms with E-state index in [9.17, 15) is 9.90 Å². The highest BCUT2D eigenvalue weighted by atomic mass is 16.3. The van der Waals surface area contributed by atoms with Crippen LogP contribution in [0.5, 0.6) is 5.75 Å². The van der Waals surface area contributed by atoms with E-state index in [0.29, 0.717) is 6.42 Å². The number of nitrogens with one attached hydrogen (secondary N) is 2. The highest BCUT2D eigenvalue weighted by Gasteiger charge is 2.23. The van der Waals surface area contributed by atoms with Gasteiger partial charge in [0.05, 0.1) is 5.71 Å². The Bertz CT molecular complexity index is 976. The summed E-state index contributed by atoms with van der Waals surface area (Å²) in [7, 11) is 0. The molecule has 1 aliphatic rings. The lowest BCUT2D eigenvalue weighted by Gasteiger charge is -2.20. The maximum atomic E-state index is 11.5. The molecule has 0 aliphatic carbocycles. The van der Waals surface area contributed by atoms with Crippen LogP contribution in [0.3, 0.4) is 0 Å². The number of aromatic hydroxyl groups is 1. The Kier molecular flexibility index (Phi) is 4.01. The number of aromatic nitrogens is 2. The third kappa shape index (κ3) is 2.97. The van der Waals surface area contributed by atoms with Crippen LogP contribution in [0, 0.1) is 5.92 Å². The quantitative estimate of drug-likeness (QED) is 0.679. The van der Waals surface area contributed by atoms with E-state index in [1.165, 1.54) is 0 Å². The zero-order chi connectivity index (χ0) is 18.1. The van der Waals surface area contributed by atoms with Gasteiger partial charge in [-0.15, -0.1) is 0 Å². The minimum absolute atomic E-state index is 0.0488. The van der Waals surface area contributed by atoms with Gasteiger partial charge < -0.3 is 10.1 Å². The van der Waals surface area contributed by atoms with Crippen molar-refractivity contribution in [2.75, 3.05) is 0 Å². The van der Waals surface area contributed by atoms with E-state index in [1.54, 1.807) is 24.5 Å². The fraction of sp³-hybridized carbons (Fsp3) is 0.150. The van der Waals surface area contributed by atoms with E-state index in [2.05, 4.69) is 20.5 Å². The van der Waals surface area contributed by atoms with Crippen molar-refractivity contribution in [2.45, 2.75) is 13.3 Å². The summed E-state index contributed by atoms with van der Waals surface area (Å²) in [5, 5.41) is 13.8. The number of phenols is 1. The molecule has 0 saturated carbocycles. The topological polar surface area (TPSA) is 90.4 Å². The number of rotatable bonds is 3. The Hall–Kier alpha value is -3.41. The Morgan fingerprint density at radius 1 is 1.08 bits per heavy atom. The van der Waals surface area contributed by atoms with E-state index in [1.807, 2.05) is 37.3 Å². The van der Waals surface area contributed by atoms with Crippen LogP contribution < -0.4 is 5.43 Å². The van der Waals surface area contributed by atoms with Crippen molar-refractivity contribution in [1.29, 1.82) is 0 Å². The Morgan fingerprint density at radius 2 is 1.85 bits per heavy atom. The summed E-state index contributed by atoms with van der Waals surface area (Å²) in [5.74, 6) is 0.968. The normalized spacial score (nSPS) is 16.9. The molecule has 2 heterocycles. The van der Waals surface area contributed by atoms with Crippen molar-refractivity contribution >= 4 is 11.6 Å². The van der Waals surface area contributed by atoms with Gasteiger partial charge in [0.1, 0.15) is 11.6 Å². The molecule has 1 aromatic heterocycles. The predicted molar refractivity (Wildman–Crippen MR) is 99.6 cm³/mol. The Morgan fingerprint density at radius 3 is 2.54 bits per heavy atom. The summed E-state index contributed by atoms with van der Waals surface area (Å²) >= 11 is 0. The number of carbonyl (C=O) groups is 1. The van der Waals surface area contributed by atoms with Crippen molar-refractivity contribution in [3.63, 3.8) is 0 Å². The summed E-state index contributed by atoms with van der Waals surface area (Å²) in [6.45, 7) is 2.00. The summed E-state index contributed by atoms with van der Waals surface area (Å²) in [6.07, 6.45) is 3.92. The van der Waals surface area contributed by atoms with E-state index in [-0.39, 0.29) is 17.6 Å². The van der Waals surface area contributed by atoms with Crippen LogP contribution in [0.2, 0.25) is 0 Å². The summed E-state index contributed by atoms with van der Waals surface area (Å²) in [4.78, 5) is 19.1. The number of nitrogens with zero attached hydrogens (tertiary/aromatic N) is 2. The first-order chi connectivity index (χ1) is 12.6. The lowest BCUT2D eigenvalue weighted by atomic mass is 9.90. The molecule has 0 fully saturated rings. The first-order valence-corrected chi connectivity index (χ1v) is 8.42. The number of benzene rings is 2. The van der Waals surface area contributed by atoms with E-state index < -0.39 is 0 Å². The maximum absolute atomic E-state index is 11.5. The molecule has 0 bridgehead atoms. The summed E-state index contributed by atoms with van der Waals surface area (Å²) in [5.41, 5.74) is 7.28. The smallest absolute Gasteiger partial charge is 0.240 e. The van der Waals surface area contributed by atoms with Crippen LogP contribution in [-0.2, 0) is 4.79 Å². The molecule has 3 N–H and O–H groups in total. The molecular weight excluding hydrogens is 328 g/mol. The van der Waals surface area contributed by atoms with Gasteiger partial charge in [-0.1, -0.05) is 31.2 Å². The molecule has 2 aromatic carbocycles. The lowest BCUT2D eigenvalue weighted by Crippen LogP contribution is -2.31. The lowest BCUT2D eigenvalue weighted by molar-refractivity contribution is -0.121. The number of amides is 1. The molecule has 0 radical (unpaired) electrons. The van der Waals surface area contributed by atoms with Crippen LogP contribution >= 0.6 is 0 Å². The van der Waals surface area contributed by atoms with Gasteiger partial charge in [-0.25, -0.2) is 10.4 Å². The average Bonchev–Trinajstić information content (AvgIpc) is 3.17. The molecule has 1 unspecified atom stereocenters. The van der Waals surface area contributed by atoms with Crippen molar-refractivity contribution in [3.05, 3.63) is 60.4 Å². The third-order valence-corrected chi connectivity index (χ3v) is 4.51. The predicted octanol–water partition coefficient (Wildman–Crippen LogP) is 3.31. The Labute approximate surface area is 150 Å². The van der Waals surface area contributed by atoms with Crippen molar-refractivity contribution < 1.29 is 9.90 Å². The number of hydrogen-bond donors (Lipinski definition) is 3. The molecule has 0 spiro atoms. The van der Waals surface area contributed by atoms with Gasteiger partial charge in [-0.3, -0.25) is 4.79 Å². The van der Waals surface area contributed by atoms with Gasteiger partial charge in [0.15, 0.2) is 0 Å². The number of aromatic amines is 1. The molecule has 3 aromatic rings. The first kappa shape index (κ1) is 16.1. The van der Waals surface area contributed by atoms with Gasteiger partial charge in [0, 0.05) is 30.3 Å². The molecular formula is C20H18N4O2. The monoisotopic (exact) mass is 346 g/mol. The van der Waals surface area contributed by atoms with Gasteiger partial charge in [0.2, 0.25) is 5.91 Å².